The zero-order valence-electron chi connectivity index (χ0n) is 22.2. The Kier molecular flexibility index (Phi) is 13.4. The standard InChI is InChI=1S/2C10H20.C8H12O2.Ti/c2*1-6-7(2)9(4)10(5)8(6)3;1-2-3-6-4-7(9)8(10)5-6;/h2*6-10H,1-5H3;2,6,9-10H,1,3-5H2;/q;;;+2. The molecule has 3 rings (SSSR count). The smallest absolute Gasteiger partial charge is 0.509 e. The Morgan fingerprint density at radius 1 is 0.581 bits per heavy atom. The molecule has 0 heterocycles. The van der Waals surface area contributed by atoms with Gasteiger partial charge in [0.2, 0.25) is 0 Å². The fraction of sp³-hybridized carbons (Fsp3) is 0.857. The normalized spacial score (nSPS) is 42.3. The van der Waals surface area contributed by atoms with E-state index in [0.29, 0.717) is 18.8 Å². The minimum atomic E-state index is 0. The van der Waals surface area contributed by atoms with Crippen LogP contribution in [0.4, 0.5) is 0 Å². The van der Waals surface area contributed by atoms with Crippen molar-refractivity contribution in [2.24, 2.45) is 65.1 Å². The summed E-state index contributed by atoms with van der Waals surface area (Å²) in [6.45, 7) is 27.6. The van der Waals surface area contributed by atoms with Gasteiger partial charge in [0, 0.05) is 12.8 Å². The molecule has 2 fully saturated rings. The number of rotatable bonds is 2. The molecule has 0 amide bonds. The summed E-state index contributed by atoms with van der Waals surface area (Å²) < 4.78 is 0. The zero-order valence-corrected chi connectivity index (χ0v) is 23.7. The van der Waals surface area contributed by atoms with Crippen molar-refractivity contribution >= 4 is 0 Å². The molecule has 0 aromatic rings. The summed E-state index contributed by atoms with van der Waals surface area (Å²) in [5.74, 6) is 10.0. The van der Waals surface area contributed by atoms with E-state index in [1.54, 1.807) is 0 Å². The Bertz CT molecular complexity index is 438. The van der Waals surface area contributed by atoms with Crippen molar-refractivity contribution in [1.29, 1.82) is 0 Å². The van der Waals surface area contributed by atoms with Crippen LogP contribution in [0.2, 0.25) is 0 Å². The van der Waals surface area contributed by atoms with E-state index in [9.17, 15) is 0 Å². The molecule has 2 nitrogen and oxygen atoms in total. The largest absolute Gasteiger partial charge is 2.00 e. The summed E-state index contributed by atoms with van der Waals surface area (Å²) in [5.41, 5.74) is 0. The zero-order chi connectivity index (χ0) is 23.3. The third-order valence-corrected chi connectivity index (χ3v) is 10.1. The first kappa shape index (κ1) is 30.8. The third kappa shape index (κ3) is 7.67. The number of allylic oxidation sites excluding steroid dienone is 3. The molecule has 2 saturated carbocycles. The first-order valence-corrected chi connectivity index (χ1v) is 12.6. The van der Waals surface area contributed by atoms with Crippen LogP contribution in [-0.2, 0) is 21.7 Å². The maximum absolute atomic E-state index is 8.99. The predicted molar refractivity (Wildman–Crippen MR) is 131 cm³/mol. The van der Waals surface area contributed by atoms with Crippen LogP contribution in [-0.4, -0.2) is 10.2 Å². The molecule has 3 heteroatoms. The summed E-state index contributed by atoms with van der Waals surface area (Å²) in [6.07, 6.45) is 3.90. The van der Waals surface area contributed by atoms with Gasteiger partial charge >= 0.3 is 21.7 Å². The third-order valence-electron chi connectivity index (χ3n) is 10.1. The fourth-order valence-corrected chi connectivity index (χ4v) is 6.05. The molecular formula is C28H52O2Ti+2. The van der Waals surface area contributed by atoms with Crippen LogP contribution in [0.25, 0.3) is 0 Å². The van der Waals surface area contributed by atoms with E-state index in [0.717, 1.165) is 65.6 Å². The summed E-state index contributed by atoms with van der Waals surface area (Å²) in [6, 6.07) is 0. The molecule has 3 aliphatic carbocycles. The van der Waals surface area contributed by atoms with Crippen molar-refractivity contribution in [3.63, 3.8) is 0 Å². The van der Waals surface area contributed by atoms with Gasteiger partial charge in [-0.15, -0.1) is 6.58 Å². The monoisotopic (exact) mass is 468 g/mol. The molecule has 0 aromatic carbocycles. The SMILES string of the molecule is C=CCC1CC(O)=C(O)C1.CC1C(C)C(C)C(C)C1C.CC1C(C)C(C)C(C)C1C.[Ti+2]. The first-order chi connectivity index (χ1) is 13.8. The van der Waals surface area contributed by atoms with E-state index in [2.05, 4.69) is 75.8 Å². The van der Waals surface area contributed by atoms with Crippen LogP contribution in [0.5, 0.6) is 0 Å². The maximum atomic E-state index is 8.99. The van der Waals surface area contributed by atoms with Crippen molar-refractivity contribution in [2.45, 2.75) is 88.5 Å². The van der Waals surface area contributed by atoms with E-state index in [-0.39, 0.29) is 33.2 Å². The molecule has 178 valence electrons. The van der Waals surface area contributed by atoms with E-state index in [4.69, 9.17) is 10.2 Å². The van der Waals surface area contributed by atoms with Crippen molar-refractivity contribution in [1.82, 2.24) is 0 Å². The van der Waals surface area contributed by atoms with Crippen molar-refractivity contribution in [2.75, 3.05) is 0 Å². The second kappa shape index (κ2) is 13.5. The maximum Gasteiger partial charge on any atom is 2.00 e. The Morgan fingerprint density at radius 2 is 0.774 bits per heavy atom. The van der Waals surface area contributed by atoms with Gasteiger partial charge in [0.15, 0.2) is 0 Å². The average Bonchev–Trinajstić information content (AvgIpc) is 3.18. The second-order valence-corrected chi connectivity index (χ2v) is 11.3. The topological polar surface area (TPSA) is 40.5 Å². The van der Waals surface area contributed by atoms with Gasteiger partial charge in [-0.2, -0.15) is 0 Å². The summed E-state index contributed by atoms with van der Waals surface area (Å²) >= 11 is 0. The van der Waals surface area contributed by atoms with Crippen LogP contribution < -0.4 is 0 Å². The van der Waals surface area contributed by atoms with Crippen molar-refractivity contribution < 1.29 is 31.9 Å². The Balaban J connectivity index is 0.000000429. The first-order valence-electron chi connectivity index (χ1n) is 12.6. The van der Waals surface area contributed by atoms with Gasteiger partial charge in [0.1, 0.15) is 11.5 Å². The number of hydrogen-bond acceptors (Lipinski definition) is 2. The van der Waals surface area contributed by atoms with Crippen LogP contribution >= 0.6 is 0 Å². The summed E-state index contributed by atoms with van der Waals surface area (Å²) in [7, 11) is 0. The van der Waals surface area contributed by atoms with E-state index in [1.807, 2.05) is 6.08 Å². The van der Waals surface area contributed by atoms with Gasteiger partial charge < -0.3 is 10.2 Å². The van der Waals surface area contributed by atoms with Gasteiger partial charge in [0.25, 0.3) is 0 Å². The molecule has 31 heavy (non-hydrogen) atoms. The van der Waals surface area contributed by atoms with Gasteiger partial charge in [-0.05, 0) is 71.5 Å². The molecule has 0 saturated heterocycles. The molecule has 2 N–H and O–H groups in total. The Hall–Kier alpha value is -0.206. The van der Waals surface area contributed by atoms with Crippen molar-refractivity contribution in [3.05, 3.63) is 24.2 Å². The molecule has 0 aliphatic heterocycles. The van der Waals surface area contributed by atoms with E-state index < -0.39 is 0 Å². The molecule has 0 aromatic heterocycles. The molecule has 3 aliphatic rings. The minimum Gasteiger partial charge on any atom is -0.509 e. The van der Waals surface area contributed by atoms with Crippen LogP contribution in [0.15, 0.2) is 24.2 Å². The Labute approximate surface area is 209 Å². The minimum absolute atomic E-state index is 0. The summed E-state index contributed by atoms with van der Waals surface area (Å²) in [5, 5.41) is 18.0. The van der Waals surface area contributed by atoms with Gasteiger partial charge in [-0.25, -0.2) is 0 Å². The molecule has 0 unspecified atom stereocenters. The number of aliphatic hydroxyl groups excluding tert-OH is 2. The molecule has 0 atom stereocenters. The van der Waals surface area contributed by atoms with Gasteiger partial charge in [-0.1, -0.05) is 75.3 Å². The number of hydrogen-bond donors (Lipinski definition) is 2. The quantitative estimate of drug-likeness (QED) is 0.314. The van der Waals surface area contributed by atoms with Gasteiger partial charge in [0.05, 0.1) is 0 Å². The van der Waals surface area contributed by atoms with Crippen LogP contribution in [0.3, 0.4) is 0 Å². The molecule has 0 radical (unpaired) electrons. The number of aliphatic hydroxyl groups is 2. The second-order valence-electron chi connectivity index (χ2n) is 11.3. The molecular weight excluding hydrogens is 416 g/mol. The van der Waals surface area contributed by atoms with Crippen LogP contribution in [0.1, 0.15) is 88.5 Å². The van der Waals surface area contributed by atoms with E-state index >= 15 is 0 Å². The molecule has 0 bridgehead atoms. The average molecular weight is 469 g/mol. The van der Waals surface area contributed by atoms with Gasteiger partial charge in [-0.3, -0.25) is 0 Å². The predicted octanol–water partition coefficient (Wildman–Crippen LogP) is 8.66. The fourth-order valence-electron chi connectivity index (χ4n) is 6.05. The Morgan fingerprint density at radius 3 is 0.935 bits per heavy atom. The summed E-state index contributed by atoms with van der Waals surface area (Å²) in [4.78, 5) is 0. The van der Waals surface area contributed by atoms with E-state index in [1.165, 1.54) is 0 Å². The van der Waals surface area contributed by atoms with Crippen molar-refractivity contribution in [3.8, 4) is 0 Å². The molecule has 0 spiro atoms. The van der Waals surface area contributed by atoms with Crippen LogP contribution in [0, 0.1) is 65.1 Å².